The molecule has 5 nitrogen and oxygen atoms in total. The lowest BCUT2D eigenvalue weighted by Crippen LogP contribution is -2.35. The number of methoxy groups -OCH3 is 1. The van der Waals surface area contributed by atoms with Gasteiger partial charge in [-0.05, 0) is 6.42 Å². The largest absolute Gasteiger partial charge is 0.405 e. The molecular formula is C11H17F3N4O. The molecular weight excluding hydrogens is 261 g/mol. The molecule has 0 bridgehead atoms. The quantitative estimate of drug-likeness (QED) is 0.862. The van der Waals surface area contributed by atoms with Gasteiger partial charge in [0.05, 0.1) is 0 Å². The van der Waals surface area contributed by atoms with Crippen molar-refractivity contribution >= 4 is 11.6 Å². The fourth-order valence-electron chi connectivity index (χ4n) is 1.62. The second-order valence-corrected chi connectivity index (χ2v) is 4.04. The van der Waals surface area contributed by atoms with Crippen molar-refractivity contribution in [3.8, 4) is 0 Å². The highest BCUT2D eigenvalue weighted by atomic mass is 19.4. The minimum absolute atomic E-state index is 0.101. The summed E-state index contributed by atoms with van der Waals surface area (Å²) in [5.41, 5.74) is 5.57. The van der Waals surface area contributed by atoms with Crippen molar-refractivity contribution in [3.63, 3.8) is 0 Å². The van der Waals surface area contributed by atoms with Crippen LogP contribution in [0.3, 0.4) is 0 Å². The van der Waals surface area contributed by atoms with Crippen molar-refractivity contribution in [1.82, 2.24) is 9.97 Å². The van der Waals surface area contributed by atoms with E-state index in [-0.39, 0.29) is 30.6 Å². The summed E-state index contributed by atoms with van der Waals surface area (Å²) in [6.07, 6.45) is -3.73. The number of rotatable bonds is 6. The van der Waals surface area contributed by atoms with Crippen LogP contribution in [0.5, 0.6) is 0 Å². The number of aromatic nitrogens is 2. The van der Waals surface area contributed by atoms with Gasteiger partial charge in [-0.3, -0.25) is 0 Å². The molecule has 0 aliphatic heterocycles. The molecule has 0 fully saturated rings. The summed E-state index contributed by atoms with van der Waals surface area (Å²) in [6.45, 7) is 1.07. The van der Waals surface area contributed by atoms with E-state index < -0.39 is 12.7 Å². The zero-order valence-corrected chi connectivity index (χ0v) is 10.9. The van der Waals surface area contributed by atoms with Crippen LogP contribution >= 0.6 is 0 Å². The Hall–Kier alpha value is -1.57. The number of hydrogen-bond donors (Lipinski definition) is 1. The van der Waals surface area contributed by atoms with E-state index in [9.17, 15) is 13.2 Å². The number of nitrogen functional groups attached to an aromatic ring is 1. The lowest BCUT2D eigenvalue weighted by molar-refractivity contribution is -0.119. The molecule has 1 heterocycles. The van der Waals surface area contributed by atoms with Gasteiger partial charge in [-0.15, -0.1) is 0 Å². The predicted octanol–water partition coefficient (Wildman–Crippen LogP) is 1.98. The molecule has 19 heavy (non-hydrogen) atoms. The monoisotopic (exact) mass is 278 g/mol. The van der Waals surface area contributed by atoms with E-state index in [1.165, 1.54) is 13.2 Å². The van der Waals surface area contributed by atoms with Crippen LogP contribution in [0.2, 0.25) is 0 Å². The van der Waals surface area contributed by atoms with E-state index in [0.717, 1.165) is 4.90 Å². The van der Waals surface area contributed by atoms with Crippen molar-refractivity contribution in [2.45, 2.75) is 26.1 Å². The van der Waals surface area contributed by atoms with Gasteiger partial charge in [0.15, 0.2) is 5.82 Å². The third-order valence-electron chi connectivity index (χ3n) is 2.24. The van der Waals surface area contributed by atoms with Crippen LogP contribution in [-0.2, 0) is 11.3 Å². The highest BCUT2D eigenvalue weighted by molar-refractivity contribution is 5.47. The maximum absolute atomic E-state index is 12.5. The molecule has 0 saturated heterocycles. The maximum Gasteiger partial charge on any atom is 0.405 e. The number of anilines is 2. The van der Waals surface area contributed by atoms with Gasteiger partial charge in [-0.1, -0.05) is 6.92 Å². The van der Waals surface area contributed by atoms with E-state index in [0.29, 0.717) is 6.42 Å². The molecule has 0 spiro atoms. The third-order valence-corrected chi connectivity index (χ3v) is 2.24. The molecule has 1 aromatic rings. The number of ether oxygens (including phenoxy) is 1. The molecule has 8 heteroatoms. The lowest BCUT2D eigenvalue weighted by atomic mass is 10.3. The van der Waals surface area contributed by atoms with Crippen molar-refractivity contribution in [2.75, 3.05) is 30.8 Å². The molecule has 0 aromatic carbocycles. The Balaban J connectivity index is 3.00. The van der Waals surface area contributed by atoms with Crippen LogP contribution < -0.4 is 10.6 Å². The molecule has 1 rings (SSSR count). The van der Waals surface area contributed by atoms with Gasteiger partial charge in [0, 0.05) is 19.7 Å². The standard InChI is InChI=1S/C11H17F3N4O/c1-3-4-18(7-11(12,13)14)10-5-8(15)16-9(17-10)6-19-2/h5H,3-4,6-7H2,1-2H3,(H2,15,16,17). The molecule has 0 saturated carbocycles. The fourth-order valence-corrected chi connectivity index (χ4v) is 1.62. The first-order valence-corrected chi connectivity index (χ1v) is 5.79. The second kappa shape index (κ2) is 6.55. The summed E-state index contributed by atoms with van der Waals surface area (Å²) >= 11 is 0. The normalized spacial score (nSPS) is 11.6. The number of halogens is 3. The van der Waals surface area contributed by atoms with E-state index in [4.69, 9.17) is 10.5 Å². The predicted molar refractivity (Wildman–Crippen MR) is 65.7 cm³/mol. The Bertz CT molecular complexity index is 411. The second-order valence-electron chi connectivity index (χ2n) is 4.04. The van der Waals surface area contributed by atoms with E-state index in [1.807, 2.05) is 0 Å². The van der Waals surface area contributed by atoms with E-state index in [2.05, 4.69) is 9.97 Å². The average molecular weight is 278 g/mol. The zero-order chi connectivity index (χ0) is 14.5. The van der Waals surface area contributed by atoms with Crippen LogP contribution in [0, 0.1) is 0 Å². The fraction of sp³-hybridized carbons (Fsp3) is 0.636. The Morgan fingerprint density at radius 1 is 1.37 bits per heavy atom. The molecule has 108 valence electrons. The molecule has 0 unspecified atom stereocenters. The molecule has 1 aromatic heterocycles. The van der Waals surface area contributed by atoms with Crippen LogP contribution in [-0.4, -0.2) is 36.3 Å². The number of hydrogen-bond acceptors (Lipinski definition) is 5. The number of alkyl halides is 3. The first kappa shape index (κ1) is 15.5. The molecule has 0 radical (unpaired) electrons. The third kappa shape index (κ3) is 5.29. The smallest absolute Gasteiger partial charge is 0.384 e. The van der Waals surface area contributed by atoms with Gasteiger partial charge in [-0.2, -0.15) is 13.2 Å². The molecule has 2 N–H and O–H groups in total. The summed E-state index contributed by atoms with van der Waals surface area (Å²) in [4.78, 5) is 9.07. The summed E-state index contributed by atoms with van der Waals surface area (Å²) in [5, 5.41) is 0. The summed E-state index contributed by atoms with van der Waals surface area (Å²) in [7, 11) is 1.45. The molecule has 0 aliphatic rings. The van der Waals surface area contributed by atoms with Crippen LogP contribution in [0.25, 0.3) is 0 Å². The average Bonchev–Trinajstić information content (AvgIpc) is 2.26. The topological polar surface area (TPSA) is 64.3 Å². The van der Waals surface area contributed by atoms with Crippen molar-refractivity contribution in [2.24, 2.45) is 0 Å². The molecule has 0 atom stereocenters. The van der Waals surface area contributed by atoms with Gasteiger partial charge in [-0.25, -0.2) is 9.97 Å². The number of nitrogens with two attached hydrogens (primary N) is 1. The van der Waals surface area contributed by atoms with E-state index >= 15 is 0 Å². The summed E-state index contributed by atoms with van der Waals surface area (Å²) in [6, 6.07) is 1.33. The molecule has 0 amide bonds. The van der Waals surface area contributed by atoms with Crippen molar-refractivity contribution in [3.05, 3.63) is 11.9 Å². The molecule has 0 aliphatic carbocycles. The van der Waals surface area contributed by atoms with Gasteiger partial charge in [0.2, 0.25) is 0 Å². The highest BCUT2D eigenvalue weighted by Crippen LogP contribution is 2.22. The zero-order valence-electron chi connectivity index (χ0n) is 10.9. The first-order valence-electron chi connectivity index (χ1n) is 5.79. The van der Waals surface area contributed by atoms with Gasteiger partial charge in [0.25, 0.3) is 0 Å². The van der Waals surface area contributed by atoms with Gasteiger partial charge < -0.3 is 15.4 Å². The minimum atomic E-state index is -4.30. The Morgan fingerprint density at radius 3 is 2.58 bits per heavy atom. The van der Waals surface area contributed by atoms with E-state index in [1.54, 1.807) is 6.92 Å². The maximum atomic E-state index is 12.5. The van der Waals surface area contributed by atoms with Crippen LogP contribution in [0.1, 0.15) is 19.2 Å². The Kier molecular flexibility index (Phi) is 5.34. The Labute approximate surface area is 109 Å². The van der Waals surface area contributed by atoms with Crippen molar-refractivity contribution in [1.29, 1.82) is 0 Å². The summed E-state index contributed by atoms with van der Waals surface area (Å²) in [5.74, 6) is 0.555. The first-order chi connectivity index (χ1) is 8.85. The van der Waals surface area contributed by atoms with Crippen molar-refractivity contribution < 1.29 is 17.9 Å². The SMILES string of the molecule is CCCN(CC(F)(F)F)c1cc(N)nc(COC)n1. The van der Waals surface area contributed by atoms with Crippen LogP contribution in [0.4, 0.5) is 24.8 Å². The lowest BCUT2D eigenvalue weighted by Gasteiger charge is -2.24. The highest BCUT2D eigenvalue weighted by Gasteiger charge is 2.31. The summed E-state index contributed by atoms with van der Waals surface area (Å²) < 4.78 is 42.4. The van der Waals surface area contributed by atoms with Gasteiger partial charge in [0.1, 0.15) is 24.8 Å². The Morgan fingerprint density at radius 2 is 2.05 bits per heavy atom. The van der Waals surface area contributed by atoms with Gasteiger partial charge >= 0.3 is 6.18 Å². The van der Waals surface area contributed by atoms with Crippen LogP contribution in [0.15, 0.2) is 6.07 Å². The minimum Gasteiger partial charge on any atom is -0.384 e. The number of nitrogens with zero attached hydrogens (tertiary/aromatic N) is 3.